The third-order valence-electron chi connectivity index (χ3n) is 4.18. The maximum atomic E-state index is 12.4. The molecule has 2 aromatic heterocycles. The molecule has 1 amide bonds. The van der Waals surface area contributed by atoms with Crippen LogP contribution in [0.2, 0.25) is 0 Å². The molecule has 0 aliphatic carbocycles. The number of aromatic amines is 1. The molecule has 0 aliphatic heterocycles. The van der Waals surface area contributed by atoms with Crippen LogP contribution < -0.4 is 10.0 Å². The van der Waals surface area contributed by atoms with Crippen molar-refractivity contribution < 1.29 is 13.2 Å². The predicted molar refractivity (Wildman–Crippen MR) is 109 cm³/mol. The number of benzene rings is 1. The molecule has 3 rings (SSSR count). The Labute approximate surface area is 163 Å². The third-order valence-corrected chi connectivity index (χ3v) is 5.50. The summed E-state index contributed by atoms with van der Waals surface area (Å²) in [5.41, 5.74) is 2.86. The Hall–Kier alpha value is -3.15. The Kier molecular flexibility index (Phi) is 6.09. The lowest BCUT2D eigenvalue weighted by atomic mass is 10.1. The molecule has 0 saturated heterocycles. The number of H-pyrrole nitrogens is 1. The molecular weight excluding hydrogens is 376 g/mol. The first-order valence-corrected chi connectivity index (χ1v) is 10.3. The molecule has 0 saturated carbocycles. The van der Waals surface area contributed by atoms with Gasteiger partial charge < -0.3 is 10.3 Å². The molecule has 1 aromatic carbocycles. The van der Waals surface area contributed by atoms with Gasteiger partial charge in [0.15, 0.2) is 0 Å². The molecule has 3 aromatic rings. The van der Waals surface area contributed by atoms with Crippen LogP contribution in [-0.4, -0.2) is 30.0 Å². The quantitative estimate of drug-likeness (QED) is 0.533. The molecule has 0 bridgehead atoms. The van der Waals surface area contributed by atoms with Gasteiger partial charge in [-0.15, -0.1) is 0 Å². The molecule has 7 nitrogen and oxygen atoms in total. The summed E-state index contributed by atoms with van der Waals surface area (Å²) in [4.78, 5) is 18.9. The van der Waals surface area contributed by atoms with Crippen molar-refractivity contribution in [1.82, 2.24) is 14.7 Å². The van der Waals surface area contributed by atoms with E-state index in [-0.39, 0.29) is 18.7 Å². The topological polar surface area (TPSA) is 104 Å². The molecule has 0 aliphatic rings. The zero-order valence-corrected chi connectivity index (χ0v) is 16.1. The van der Waals surface area contributed by atoms with E-state index in [1.54, 1.807) is 49.6 Å². The summed E-state index contributed by atoms with van der Waals surface area (Å²) < 4.78 is 27.5. The van der Waals surface area contributed by atoms with Crippen molar-refractivity contribution in [3.05, 3.63) is 59.9 Å². The van der Waals surface area contributed by atoms with E-state index in [0.717, 1.165) is 22.2 Å². The number of hydrogen-bond acceptors (Lipinski definition) is 4. The fourth-order valence-corrected chi connectivity index (χ4v) is 3.81. The number of nitrogens with one attached hydrogen (secondary N) is 3. The highest BCUT2D eigenvalue weighted by atomic mass is 32.2. The van der Waals surface area contributed by atoms with Gasteiger partial charge >= 0.3 is 0 Å². The van der Waals surface area contributed by atoms with Crippen molar-refractivity contribution >= 4 is 32.7 Å². The number of anilines is 1. The van der Waals surface area contributed by atoms with Crippen LogP contribution in [0.25, 0.3) is 11.0 Å². The first-order chi connectivity index (χ1) is 13.5. The van der Waals surface area contributed by atoms with E-state index >= 15 is 0 Å². The lowest BCUT2D eigenvalue weighted by molar-refractivity contribution is -0.111. The van der Waals surface area contributed by atoms with Crippen molar-refractivity contribution in [3.8, 4) is 11.8 Å². The van der Waals surface area contributed by atoms with E-state index in [4.69, 9.17) is 0 Å². The second kappa shape index (κ2) is 8.69. The van der Waals surface area contributed by atoms with E-state index in [2.05, 4.69) is 31.8 Å². The molecule has 8 heteroatoms. The Morgan fingerprint density at radius 2 is 2.00 bits per heavy atom. The summed E-state index contributed by atoms with van der Waals surface area (Å²) in [6.07, 6.45) is 3.67. The van der Waals surface area contributed by atoms with E-state index in [1.165, 1.54) is 0 Å². The highest BCUT2D eigenvalue weighted by Crippen LogP contribution is 2.17. The minimum atomic E-state index is -3.51. The zero-order chi connectivity index (χ0) is 20.0. The second-order valence-electron chi connectivity index (χ2n) is 6.09. The number of sulfonamides is 1. The number of rotatable bonds is 7. The van der Waals surface area contributed by atoms with Crippen LogP contribution in [0.1, 0.15) is 18.1 Å². The molecule has 0 atom stereocenters. The molecule has 144 valence electrons. The van der Waals surface area contributed by atoms with Gasteiger partial charge in [-0.25, -0.2) is 18.1 Å². The van der Waals surface area contributed by atoms with E-state index in [9.17, 15) is 13.2 Å². The normalized spacial score (nSPS) is 11.0. The summed E-state index contributed by atoms with van der Waals surface area (Å²) in [6, 6.07) is 10.7. The van der Waals surface area contributed by atoms with E-state index in [0.29, 0.717) is 5.69 Å². The highest BCUT2D eigenvalue weighted by molar-refractivity contribution is 7.89. The Bertz CT molecular complexity index is 1160. The summed E-state index contributed by atoms with van der Waals surface area (Å²) in [7, 11) is -3.51. The number of para-hydroxylation sites is 1. The van der Waals surface area contributed by atoms with Crippen molar-refractivity contribution in [3.63, 3.8) is 0 Å². The number of pyridine rings is 1. The van der Waals surface area contributed by atoms with Gasteiger partial charge in [0.05, 0.1) is 5.75 Å². The average molecular weight is 396 g/mol. The van der Waals surface area contributed by atoms with Crippen LogP contribution in [0.15, 0.2) is 48.8 Å². The molecule has 0 unspecified atom stereocenters. The van der Waals surface area contributed by atoms with Crippen molar-refractivity contribution in [2.75, 3.05) is 11.1 Å². The molecule has 0 radical (unpaired) electrons. The fraction of sp³-hybridized carbons (Fsp3) is 0.200. The van der Waals surface area contributed by atoms with Gasteiger partial charge in [-0.3, -0.25) is 4.79 Å². The van der Waals surface area contributed by atoms with Gasteiger partial charge in [-0.1, -0.05) is 24.1 Å². The standard InChI is InChI=1S/C20H20N4O3S/c1-2-5-19(25)24-18-7-4-3-6-15(18)10-13-28(26,27)23-14-16-8-11-21-20-17(16)9-12-22-20/h3-4,6-9,11-12,23H,10,13-14H2,1H3,(H,21,22)(H,24,25). The number of fused-ring (bicyclic) bond motifs is 1. The van der Waals surface area contributed by atoms with Crippen LogP contribution in [0.4, 0.5) is 5.69 Å². The smallest absolute Gasteiger partial charge is 0.300 e. The minimum absolute atomic E-state index is 0.0965. The number of aryl methyl sites for hydroxylation is 1. The first-order valence-electron chi connectivity index (χ1n) is 8.68. The summed E-state index contributed by atoms with van der Waals surface area (Å²) in [5, 5.41) is 3.57. The lowest BCUT2D eigenvalue weighted by Gasteiger charge is -2.11. The molecular formula is C20H20N4O3S. The maximum absolute atomic E-state index is 12.4. The highest BCUT2D eigenvalue weighted by Gasteiger charge is 2.14. The van der Waals surface area contributed by atoms with Crippen molar-refractivity contribution in [2.24, 2.45) is 0 Å². The summed E-state index contributed by atoms with van der Waals surface area (Å²) in [5.74, 6) is 4.41. The number of nitrogens with zero attached hydrogens (tertiary/aromatic N) is 1. The van der Waals surface area contributed by atoms with Crippen LogP contribution in [-0.2, 0) is 27.8 Å². The van der Waals surface area contributed by atoms with Gasteiger partial charge in [-0.2, -0.15) is 0 Å². The van der Waals surface area contributed by atoms with Gasteiger partial charge in [0.1, 0.15) is 5.65 Å². The lowest BCUT2D eigenvalue weighted by Crippen LogP contribution is -2.27. The van der Waals surface area contributed by atoms with Crippen molar-refractivity contribution in [2.45, 2.75) is 19.9 Å². The second-order valence-corrected chi connectivity index (χ2v) is 8.01. The van der Waals surface area contributed by atoms with Crippen LogP contribution in [0.3, 0.4) is 0 Å². The predicted octanol–water partition coefficient (Wildman–Crippen LogP) is 2.19. The van der Waals surface area contributed by atoms with Crippen LogP contribution >= 0.6 is 0 Å². The van der Waals surface area contributed by atoms with Crippen molar-refractivity contribution in [1.29, 1.82) is 0 Å². The van der Waals surface area contributed by atoms with Crippen LogP contribution in [0.5, 0.6) is 0 Å². The first kappa shape index (κ1) is 19.6. The summed E-state index contributed by atoms with van der Waals surface area (Å²) in [6.45, 7) is 1.76. The maximum Gasteiger partial charge on any atom is 0.300 e. The number of aromatic nitrogens is 2. The minimum Gasteiger partial charge on any atom is -0.346 e. The van der Waals surface area contributed by atoms with E-state index in [1.807, 2.05) is 6.07 Å². The van der Waals surface area contributed by atoms with Gasteiger partial charge in [0.25, 0.3) is 5.91 Å². The monoisotopic (exact) mass is 396 g/mol. The number of carbonyl (C=O) groups is 1. The Morgan fingerprint density at radius 3 is 2.82 bits per heavy atom. The van der Waals surface area contributed by atoms with E-state index < -0.39 is 15.9 Å². The zero-order valence-electron chi connectivity index (χ0n) is 15.3. The average Bonchev–Trinajstić information content (AvgIpc) is 3.15. The molecule has 2 heterocycles. The number of hydrogen-bond donors (Lipinski definition) is 3. The van der Waals surface area contributed by atoms with Gasteiger partial charge in [0, 0.05) is 30.0 Å². The van der Waals surface area contributed by atoms with Gasteiger partial charge in [-0.05, 0) is 48.6 Å². The molecule has 28 heavy (non-hydrogen) atoms. The third kappa shape index (κ3) is 4.97. The molecule has 0 fully saturated rings. The molecule has 3 N–H and O–H groups in total. The Morgan fingerprint density at radius 1 is 1.18 bits per heavy atom. The summed E-state index contributed by atoms with van der Waals surface area (Å²) >= 11 is 0. The largest absolute Gasteiger partial charge is 0.346 e. The SMILES string of the molecule is CC#CC(=O)Nc1ccccc1CCS(=O)(=O)NCc1ccnc2[nH]ccc12. The Balaban J connectivity index is 1.64. The molecule has 0 spiro atoms. The number of amides is 1. The van der Waals surface area contributed by atoms with Gasteiger partial charge in [0.2, 0.25) is 10.0 Å². The fourth-order valence-electron chi connectivity index (χ4n) is 2.80. The van der Waals surface area contributed by atoms with Crippen LogP contribution in [0, 0.1) is 11.8 Å². The number of carbonyl (C=O) groups excluding carboxylic acids is 1.